The Balaban J connectivity index is 2.39. The van der Waals surface area contributed by atoms with Gasteiger partial charge in [-0.15, -0.1) is 0 Å². The number of unbranched alkanes of at least 4 members (excludes halogenated alkanes) is 1. The van der Waals surface area contributed by atoms with Crippen LogP contribution in [0.2, 0.25) is 0 Å². The molecule has 2 unspecified atom stereocenters. The van der Waals surface area contributed by atoms with Crippen LogP contribution in [0, 0.1) is 5.92 Å². The summed E-state index contributed by atoms with van der Waals surface area (Å²) in [6.45, 7) is 11.2. The van der Waals surface area contributed by atoms with Gasteiger partial charge in [0, 0.05) is 20.3 Å². The van der Waals surface area contributed by atoms with Crippen molar-refractivity contribution in [2.75, 3.05) is 33.5 Å². The van der Waals surface area contributed by atoms with E-state index < -0.39 is 5.54 Å². The van der Waals surface area contributed by atoms with Crippen LogP contribution in [0.5, 0.6) is 0 Å². The van der Waals surface area contributed by atoms with E-state index in [4.69, 9.17) is 9.47 Å². The van der Waals surface area contributed by atoms with Gasteiger partial charge in [-0.3, -0.25) is 10.1 Å². The molecule has 1 heterocycles. The summed E-state index contributed by atoms with van der Waals surface area (Å²) in [4.78, 5) is 14.6. The number of ether oxygens (including phenoxy) is 2. The molecule has 0 aromatic heterocycles. The molecule has 1 aliphatic rings. The van der Waals surface area contributed by atoms with Gasteiger partial charge in [0.1, 0.15) is 0 Å². The van der Waals surface area contributed by atoms with Gasteiger partial charge in [-0.25, -0.2) is 0 Å². The summed E-state index contributed by atoms with van der Waals surface area (Å²) in [5.74, 6) is 0.657. The van der Waals surface area contributed by atoms with E-state index in [1.165, 1.54) is 0 Å². The second-order valence-electron chi connectivity index (χ2n) is 6.33. The molecule has 1 fully saturated rings. The zero-order valence-corrected chi connectivity index (χ0v) is 14.3. The van der Waals surface area contributed by atoms with E-state index in [2.05, 4.69) is 26.1 Å². The van der Waals surface area contributed by atoms with Crippen molar-refractivity contribution in [1.82, 2.24) is 10.2 Å². The molecule has 0 aromatic carbocycles. The van der Waals surface area contributed by atoms with Crippen molar-refractivity contribution in [3.05, 3.63) is 0 Å². The van der Waals surface area contributed by atoms with E-state index in [9.17, 15) is 4.79 Å². The lowest BCUT2D eigenvalue weighted by atomic mass is 9.99. The fourth-order valence-corrected chi connectivity index (χ4v) is 2.66. The van der Waals surface area contributed by atoms with Gasteiger partial charge in [0.15, 0.2) is 0 Å². The van der Waals surface area contributed by atoms with E-state index in [-0.39, 0.29) is 12.1 Å². The maximum absolute atomic E-state index is 12.6. The lowest BCUT2D eigenvalue weighted by Crippen LogP contribution is -2.45. The minimum Gasteiger partial charge on any atom is -0.382 e. The van der Waals surface area contributed by atoms with E-state index in [0.717, 1.165) is 32.4 Å². The maximum Gasteiger partial charge on any atom is 0.243 e. The molecule has 1 N–H and O–H groups in total. The Morgan fingerprint density at radius 3 is 2.57 bits per heavy atom. The number of hydrogen-bond acceptors (Lipinski definition) is 4. The number of methoxy groups -OCH3 is 1. The number of carbonyl (C=O) groups is 1. The molecule has 0 aliphatic carbocycles. The summed E-state index contributed by atoms with van der Waals surface area (Å²) in [5, 5.41) is 3.51. The highest BCUT2D eigenvalue weighted by atomic mass is 16.5. The lowest BCUT2D eigenvalue weighted by Gasteiger charge is -2.27. The third-order valence-electron chi connectivity index (χ3n) is 4.24. The highest BCUT2D eigenvalue weighted by Gasteiger charge is 2.47. The average molecular weight is 300 g/mol. The van der Waals surface area contributed by atoms with E-state index in [1.54, 1.807) is 7.11 Å². The number of amides is 1. The maximum atomic E-state index is 12.6. The molecule has 21 heavy (non-hydrogen) atoms. The molecule has 0 spiro atoms. The molecule has 2 atom stereocenters. The van der Waals surface area contributed by atoms with Crippen molar-refractivity contribution < 1.29 is 14.3 Å². The van der Waals surface area contributed by atoms with Crippen LogP contribution >= 0.6 is 0 Å². The van der Waals surface area contributed by atoms with E-state index in [1.807, 2.05) is 11.8 Å². The topological polar surface area (TPSA) is 50.8 Å². The second-order valence-corrected chi connectivity index (χ2v) is 6.33. The smallest absolute Gasteiger partial charge is 0.243 e. The van der Waals surface area contributed by atoms with Crippen LogP contribution in [-0.4, -0.2) is 56.0 Å². The minimum atomic E-state index is -0.399. The molecular formula is C16H32N2O3. The number of carbonyl (C=O) groups excluding carboxylic acids is 1. The van der Waals surface area contributed by atoms with Crippen LogP contribution in [0.15, 0.2) is 0 Å². The fourth-order valence-electron chi connectivity index (χ4n) is 2.66. The van der Waals surface area contributed by atoms with Crippen molar-refractivity contribution >= 4 is 5.91 Å². The Morgan fingerprint density at radius 2 is 2.00 bits per heavy atom. The molecule has 1 aliphatic heterocycles. The largest absolute Gasteiger partial charge is 0.382 e. The van der Waals surface area contributed by atoms with Gasteiger partial charge in [0.05, 0.1) is 24.9 Å². The normalized spacial score (nSPS) is 26.1. The predicted molar refractivity (Wildman–Crippen MR) is 84.1 cm³/mol. The molecule has 5 nitrogen and oxygen atoms in total. The van der Waals surface area contributed by atoms with Gasteiger partial charge in [0.2, 0.25) is 5.91 Å². The minimum absolute atomic E-state index is 0.150. The molecule has 0 bridgehead atoms. The molecule has 1 rings (SSSR count). The third-order valence-corrected chi connectivity index (χ3v) is 4.24. The Morgan fingerprint density at radius 1 is 1.29 bits per heavy atom. The average Bonchev–Trinajstić information content (AvgIpc) is 2.72. The highest BCUT2D eigenvalue weighted by molar-refractivity contribution is 5.88. The van der Waals surface area contributed by atoms with Gasteiger partial charge in [-0.1, -0.05) is 20.8 Å². The number of rotatable bonds is 10. The Labute approximate surface area is 129 Å². The first-order valence-electron chi connectivity index (χ1n) is 8.11. The SMILES string of the molecule is CCC1(C)NC(C(C)C)N(CCCCOCCOC)C1=O. The summed E-state index contributed by atoms with van der Waals surface area (Å²) in [6.07, 6.45) is 2.92. The number of nitrogens with zero attached hydrogens (tertiary/aromatic N) is 1. The van der Waals surface area contributed by atoms with Crippen LogP contribution in [0.1, 0.15) is 47.0 Å². The summed E-state index contributed by atoms with van der Waals surface area (Å²) in [6, 6.07) is 0. The summed E-state index contributed by atoms with van der Waals surface area (Å²) in [5.41, 5.74) is -0.399. The van der Waals surface area contributed by atoms with Gasteiger partial charge in [0.25, 0.3) is 0 Å². The predicted octanol–water partition coefficient (Wildman–Crippen LogP) is 2.01. The number of nitrogens with one attached hydrogen (secondary N) is 1. The number of hydrogen-bond donors (Lipinski definition) is 1. The second kappa shape index (κ2) is 8.71. The van der Waals surface area contributed by atoms with Gasteiger partial charge >= 0.3 is 0 Å². The molecule has 124 valence electrons. The monoisotopic (exact) mass is 300 g/mol. The first-order valence-corrected chi connectivity index (χ1v) is 8.11. The van der Waals surface area contributed by atoms with Crippen LogP contribution in [0.3, 0.4) is 0 Å². The molecule has 1 amide bonds. The van der Waals surface area contributed by atoms with Crippen LogP contribution < -0.4 is 5.32 Å². The van der Waals surface area contributed by atoms with Crippen molar-refractivity contribution in [2.24, 2.45) is 5.92 Å². The molecule has 0 aromatic rings. The zero-order chi connectivity index (χ0) is 15.9. The standard InChI is InChI=1S/C16H32N2O3/c1-6-16(4)15(19)18(14(17-16)13(2)3)9-7-8-10-21-12-11-20-5/h13-14,17H,6-12H2,1-5H3. The van der Waals surface area contributed by atoms with Crippen molar-refractivity contribution in [1.29, 1.82) is 0 Å². The van der Waals surface area contributed by atoms with Gasteiger partial charge in [-0.2, -0.15) is 0 Å². The Bertz CT molecular complexity index is 323. The van der Waals surface area contributed by atoms with Crippen LogP contribution in [0.4, 0.5) is 0 Å². The van der Waals surface area contributed by atoms with Gasteiger partial charge in [-0.05, 0) is 32.1 Å². The molecular weight excluding hydrogens is 268 g/mol. The molecule has 0 radical (unpaired) electrons. The Hall–Kier alpha value is -0.650. The first-order chi connectivity index (χ1) is 9.96. The molecule has 5 heteroatoms. The van der Waals surface area contributed by atoms with Crippen LogP contribution in [0.25, 0.3) is 0 Å². The summed E-state index contributed by atoms with van der Waals surface area (Å²) in [7, 11) is 1.67. The lowest BCUT2D eigenvalue weighted by molar-refractivity contribution is -0.133. The zero-order valence-electron chi connectivity index (χ0n) is 14.3. The summed E-state index contributed by atoms with van der Waals surface area (Å²) < 4.78 is 10.4. The first kappa shape index (κ1) is 18.4. The van der Waals surface area contributed by atoms with Crippen LogP contribution in [-0.2, 0) is 14.3 Å². The fraction of sp³-hybridized carbons (Fsp3) is 0.938. The third kappa shape index (κ3) is 4.94. The quantitative estimate of drug-likeness (QED) is 0.627. The van der Waals surface area contributed by atoms with E-state index in [0.29, 0.717) is 19.1 Å². The van der Waals surface area contributed by atoms with Crippen molar-refractivity contribution in [2.45, 2.75) is 58.7 Å². The van der Waals surface area contributed by atoms with Gasteiger partial charge < -0.3 is 14.4 Å². The summed E-state index contributed by atoms with van der Waals surface area (Å²) >= 11 is 0. The highest BCUT2D eigenvalue weighted by Crippen LogP contribution is 2.27. The Kier molecular flexibility index (Phi) is 7.63. The molecule has 1 saturated heterocycles. The van der Waals surface area contributed by atoms with E-state index >= 15 is 0 Å². The van der Waals surface area contributed by atoms with Crippen molar-refractivity contribution in [3.63, 3.8) is 0 Å². The van der Waals surface area contributed by atoms with Crippen molar-refractivity contribution in [3.8, 4) is 0 Å². The molecule has 0 saturated carbocycles.